The lowest BCUT2D eigenvalue weighted by molar-refractivity contribution is 0.416. The number of aromatic nitrogens is 2. The lowest BCUT2D eigenvalue weighted by Crippen LogP contribution is -2.09. The van der Waals surface area contributed by atoms with E-state index in [1.165, 1.54) is 0 Å². The van der Waals surface area contributed by atoms with Crippen LogP contribution in [0.2, 0.25) is 0 Å². The first-order chi connectivity index (χ1) is 13.5. The van der Waals surface area contributed by atoms with Crippen LogP contribution in [-0.4, -0.2) is 36.9 Å². The number of benzene rings is 2. The Labute approximate surface area is 165 Å². The highest BCUT2D eigenvalue weighted by atomic mass is 16.5. The first-order valence-electron chi connectivity index (χ1n) is 9.05. The van der Waals surface area contributed by atoms with Gasteiger partial charge in [-0.2, -0.15) is 5.10 Å². The van der Waals surface area contributed by atoms with Crippen molar-refractivity contribution in [2.24, 2.45) is 5.10 Å². The predicted octanol–water partition coefficient (Wildman–Crippen LogP) is 4.36. The van der Waals surface area contributed by atoms with Crippen LogP contribution in [0.1, 0.15) is 18.3 Å². The molecule has 0 saturated carbocycles. The van der Waals surface area contributed by atoms with Gasteiger partial charge in [0.15, 0.2) is 5.82 Å². The largest absolute Gasteiger partial charge is 0.496 e. The van der Waals surface area contributed by atoms with Crippen molar-refractivity contribution < 1.29 is 4.74 Å². The Morgan fingerprint density at radius 3 is 2.43 bits per heavy atom. The highest BCUT2D eigenvalue weighted by Gasteiger charge is 2.09. The molecule has 0 spiro atoms. The molecule has 3 rings (SSSR count). The van der Waals surface area contributed by atoms with Crippen LogP contribution in [0.5, 0.6) is 5.75 Å². The van der Waals surface area contributed by atoms with Crippen molar-refractivity contribution in [2.75, 3.05) is 31.5 Å². The molecule has 0 radical (unpaired) electrons. The molecule has 6 heteroatoms. The molecule has 0 saturated heterocycles. The molecule has 1 aromatic heterocycles. The zero-order chi connectivity index (χ0) is 20.1. The Hall–Kier alpha value is -3.41. The summed E-state index contributed by atoms with van der Waals surface area (Å²) >= 11 is 0. The van der Waals surface area contributed by atoms with Gasteiger partial charge in [0.2, 0.25) is 0 Å². The number of rotatable bonds is 6. The number of nitrogens with zero attached hydrogens (tertiary/aromatic N) is 4. The van der Waals surface area contributed by atoms with E-state index in [0.29, 0.717) is 11.6 Å². The minimum Gasteiger partial charge on any atom is -0.496 e. The standard InChI is InChI=1S/C22H25N5O/c1-15(17-10-12-18(13-11-17)27(3)4)25-26-22-14-20(23-16(2)24-22)19-8-6-7-9-21(19)28-5/h6-14H,1-5H3,(H,23,24,26). The van der Waals surface area contributed by atoms with Gasteiger partial charge in [0.25, 0.3) is 0 Å². The van der Waals surface area contributed by atoms with E-state index in [4.69, 9.17) is 4.74 Å². The van der Waals surface area contributed by atoms with Crippen LogP contribution in [-0.2, 0) is 0 Å². The highest BCUT2D eigenvalue weighted by Crippen LogP contribution is 2.29. The second kappa shape index (κ2) is 8.52. The van der Waals surface area contributed by atoms with Crippen LogP contribution >= 0.6 is 0 Å². The van der Waals surface area contributed by atoms with Crippen molar-refractivity contribution in [3.63, 3.8) is 0 Å². The van der Waals surface area contributed by atoms with Crippen molar-refractivity contribution in [3.8, 4) is 17.0 Å². The van der Waals surface area contributed by atoms with Gasteiger partial charge in [-0.05, 0) is 43.7 Å². The number of aryl methyl sites for hydroxylation is 1. The molecule has 0 atom stereocenters. The van der Waals surface area contributed by atoms with E-state index in [1.54, 1.807) is 7.11 Å². The van der Waals surface area contributed by atoms with Crippen LogP contribution < -0.4 is 15.1 Å². The van der Waals surface area contributed by atoms with Gasteiger partial charge in [0, 0.05) is 31.4 Å². The molecule has 144 valence electrons. The molecular formula is C22H25N5O. The van der Waals surface area contributed by atoms with Crippen molar-refractivity contribution in [3.05, 3.63) is 66.0 Å². The summed E-state index contributed by atoms with van der Waals surface area (Å²) in [6.45, 7) is 3.83. The maximum absolute atomic E-state index is 5.45. The molecule has 0 amide bonds. The van der Waals surface area contributed by atoms with Crippen molar-refractivity contribution in [1.82, 2.24) is 9.97 Å². The summed E-state index contributed by atoms with van der Waals surface area (Å²) < 4.78 is 5.45. The molecule has 1 N–H and O–H groups in total. The number of para-hydroxylation sites is 1. The normalized spacial score (nSPS) is 11.2. The van der Waals surface area contributed by atoms with Gasteiger partial charge in [-0.25, -0.2) is 9.97 Å². The summed E-state index contributed by atoms with van der Waals surface area (Å²) in [4.78, 5) is 11.0. The smallest absolute Gasteiger partial charge is 0.150 e. The number of nitrogens with one attached hydrogen (secondary N) is 1. The zero-order valence-corrected chi connectivity index (χ0v) is 16.9. The molecule has 0 unspecified atom stereocenters. The van der Waals surface area contributed by atoms with Gasteiger partial charge in [-0.3, -0.25) is 5.43 Å². The number of anilines is 2. The Balaban J connectivity index is 1.84. The number of hydrazone groups is 1. The van der Waals surface area contributed by atoms with E-state index in [2.05, 4.69) is 49.7 Å². The fourth-order valence-electron chi connectivity index (χ4n) is 2.83. The van der Waals surface area contributed by atoms with Gasteiger partial charge in [-0.15, -0.1) is 0 Å². The number of hydrogen-bond donors (Lipinski definition) is 1. The van der Waals surface area contributed by atoms with Crippen LogP contribution in [0.25, 0.3) is 11.3 Å². The number of methoxy groups -OCH3 is 1. The average molecular weight is 375 g/mol. The molecule has 0 fully saturated rings. The first kappa shape index (κ1) is 19.4. The van der Waals surface area contributed by atoms with E-state index < -0.39 is 0 Å². The second-order valence-electron chi connectivity index (χ2n) is 6.64. The Kier molecular flexibility index (Phi) is 5.89. The SMILES string of the molecule is COc1ccccc1-c1cc(NN=C(C)c2ccc(N(C)C)cc2)nc(C)n1. The van der Waals surface area contributed by atoms with Crippen molar-refractivity contribution in [1.29, 1.82) is 0 Å². The monoisotopic (exact) mass is 375 g/mol. The summed E-state index contributed by atoms with van der Waals surface area (Å²) in [6, 6.07) is 17.9. The molecule has 0 aliphatic rings. The molecule has 6 nitrogen and oxygen atoms in total. The van der Waals surface area contributed by atoms with Crippen LogP contribution in [0.4, 0.5) is 11.5 Å². The number of hydrogen-bond acceptors (Lipinski definition) is 6. The predicted molar refractivity (Wildman–Crippen MR) is 115 cm³/mol. The third kappa shape index (κ3) is 4.46. The van der Waals surface area contributed by atoms with Crippen LogP contribution in [0.15, 0.2) is 59.7 Å². The molecule has 0 aliphatic heterocycles. The second-order valence-corrected chi connectivity index (χ2v) is 6.64. The fourth-order valence-corrected chi connectivity index (χ4v) is 2.83. The molecule has 0 bridgehead atoms. The highest BCUT2D eigenvalue weighted by molar-refractivity contribution is 5.99. The lowest BCUT2D eigenvalue weighted by Gasteiger charge is -2.12. The Bertz CT molecular complexity index is 980. The quantitative estimate of drug-likeness (QED) is 0.512. The minimum absolute atomic E-state index is 0.637. The summed E-state index contributed by atoms with van der Waals surface area (Å²) in [7, 11) is 5.70. The summed E-state index contributed by atoms with van der Waals surface area (Å²) in [5, 5.41) is 4.49. The maximum Gasteiger partial charge on any atom is 0.150 e. The average Bonchev–Trinajstić information content (AvgIpc) is 2.71. The molecule has 1 heterocycles. The summed E-state index contributed by atoms with van der Waals surface area (Å²) in [6.07, 6.45) is 0. The van der Waals surface area contributed by atoms with Gasteiger partial charge in [0.1, 0.15) is 11.6 Å². The lowest BCUT2D eigenvalue weighted by atomic mass is 10.1. The third-order valence-electron chi connectivity index (χ3n) is 4.36. The summed E-state index contributed by atoms with van der Waals surface area (Å²) in [5.74, 6) is 2.07. The molecule has 0 aliphatic carbocycles. The van der Waals surface area contributed by atoms with Gasteiger partial charge in [-0.1, -0.05) is 24.3 Å². The van der Waals surface area contributed by atoms with Crippen molar-refractivity contribution >= 4 is 17.2 Å². The van der Waals surface area contributed by atoms with Gasteiger partial charge in [0.05, 0.1) is 18.5 Å². The Morgan fingerprint density at radius 2 is 1.75 bits per heavy atom. The zero-order valence-electron chi connectivity index (χ0n) is 16.9. The van der Waals surface area contributed by atoms with E-state index >= 15 is 0 Å². The first-order valence-corrected chi connectivity index (χ1v) is 9.05. The van der Waals surface area contributed by atoms with E-state index in [9.17, 15) is 0 Å². The molecule has 2 aromatic carbocycles. The topological polar surface area (TPSA) is 62.6 Å². The van der Waals surface area contributed by atoms with E-state index in [1.807, 2.05) is 58.3 Å². The minimum atomic E-state index is 0.637. The Morgan fingerprint density at radius 1 is 1.04 bits per heavy atom. The molecule has 3 aromatic rings. The fraction of sp³-hybridized carbons (Fsp3) is 0.227. The molecular weight excluding hydrogens is 350 g/mol. The maximum atomic E-state index is 5.45. The van der Waals surface area contributed by atoms with Gasteiger partial charge < -0.3 is 9.64 Å². The third-order valence-corrected chi connectivity index (χ3v) is 4.36. The molecule has 28 heavy (non-hydrogen) atoms. The summed E-state index contributed by atoms with van der Waals surface area (Å²) in [5.41, 5.74) is 7.83. The van der Waals surface area contributed by atoms with Crippen LogP contribution in [0.3, 0.4) is 0 Å². The van der Waals surface area contributed by atoms with Crippen LogP contribution in [0, 0.1) is 6.92 Å². The van der Waals surface area contributed by atoms with E-state index in [-0.39, 0.29) is 0 Å². The number of ether oxygens (including phenoxy) is 1. The van der Waals surface area contributed by atoms with E-state index in [0.717, 1.165) is 34.0 Å². The van der Waals surface area contributed by atoms with Gasteiger partial charge >= 0.3 is 0 Å². The van der Waals surface area contributed by atoms with Crippen molar-refractivity contribution in [2.45, 2.75) is 13.8 Å².